The molecular formula is C13H8ClF2N5O2S. The first-order valence-corrected chi connectivity index (χ1v) is 8.21. The summed E-state index contributed by atoms with van der Waals surface area (Å²) in [6.45, 7) is 0. The molecule has 1 aromatic carbocycles. The highest BCUT2D eigenvalue weighted by Crippen LogP contribution is 2.20. The Balaban J connectivity index is 2.01. The van der Waals surface area contributed by atoms with Crippen LogP contribution in [0.1, 0.15) is 0 Å². The SMILES string of the molecule is O=S(=O)(Nc1cc(F)cc(F)c1)c1cncn1-c1ccnc(Cl)n1. The van der Waals surface area contributed by atoms with Crippen LogP contribution < -0.4 is 4.72 Å². The molecule has 3 rings (SSSR count). The van der Waals surface area contributed by atoms with E-state index in [1.54, 1.807) is 0 Å². The summed E-state index contributed by atoms with van der Waals surface area (Å²) in [5, 5.41) is -0.369. The fraction of sp³-hybridized carbons (Fsp3) is 0. The van der Waals surface area contributed by atoms with E-state index in [1.807, 2.05) is 0 Å². The Morgan fingerprint density at radius 2 is 1.88 bits per heavy atom. The van der Waals surface area contributed by atoms with Gasteiger partial charge in [0.1, 0.15) is 23.8 Å². The normalized spacial score (nSPS) is 11.5. The van der Waals surface area contributed by atoms with Crippen molar-refractivity contribution in [2.75, 3.05) is 4.72 Å². The summed E-state index contributed by atoms with van der Waals surface area (Å²) in [6, 6.07) is 3.76. The molecule has 0 aliphatic rings. The van der Waals surface area contributed by atoms with E-state index in [0.717, 1.165) is 22.9 Å². The van der Waals surface area contributed by atoms with E-state index in [9.17, 15) is 17.2 Å². The van der Waals surface area contributed by atoms with Crippen LogP contribution in [0.4, 0.5) is 14.5 Å². The van der Waals surface area contributed by atoms with Crippen LogP contribution in [0.2, 0.25) is 5.28 Å². The van der Waals surface area contributed by atoms with E-state index in [1.165, 1.54) is 18.6 Å². The first-order chi connectivity index (χ1) is 11.3. The second-order valence-electron chi connectivity index (χ2n) is 4.55. The molecule has 2 heterocycles. The van der Waals surface area contributed by atoms with Gasteiger partial charge in [-0.3, -0.25) is 9.29 Å². The lowest BCUT2D eigenvalue weighted by Crippen LogP contribution is -2.17. The minimum Gasteiger partial charge on any atom is -0.278 e. The smallest absolute Gasteiger partial charge is 0.278 e. The summed E-state index contributed by atoms with van der Waals surface area (Å²) in [7, 11) is -4.18. The average Bonchev–Trinajstić information content (AvgIpc) is 2.95. The zero-order valence-electron chi connectivity index (χ0n) is 11.7. The summed E-state index contributed by atoms with van der Waals surface area (Å²) < 4.78 is 54.6. The maximum Gasteiger partial charge on any atom is 0.279 e. The number of aromatic nitrogens is 4. The monoisotopic (exact) mass is 371 g/mol. The topological polar surface area (TPSA) is 89.8 Å². The molecule has 0 unspecified atom stereocenters. The molecule has 0 fully saturated rings. The Hall–Kier alpha value is -2.59. The molecule has 1 N–H and O–H groups in total. The second kappa shape index (κ2) is 6.13. The number of benzene rings is 1. The first kappa shape index (κ1) is 16.3. The predicted octanol–water partition coefficient (Wildman–Crippen LogP) is 2.39. The first-order valence-electron chi connectivity index (χ1n) is 6.35. The van der Waals surface area contributed by atoms with Gasteiger partial charge in [-0.25, -0.2) is 18.7 Å². The van der Waals surface area contributed by atoms with E-state index < -0.39 is 21.7 Å². The van der Waals surface area contributed by atoms with E-state index in [-0.39, 0.29) is 21.8 Å². The van der Waals surface area contributed by atoms with Gasteiger partial charge in [0.2, 0.25) is 5.28 Å². The Morgan fingerprint density at radius 1 is 1.17 bits per heavy atom. The molecule has 0 aliphatic heterocycles. The fourth-order valence-corrected chi connectivity index (χ4v) is 3.21. The molecule has 0 atom stereocenters. The number of hydrogen-bond donors (Lipinski definition) is 1. The van der Waals surface area contributed by atoms with Crippen LogP contribution in [0.15, 0.2) is 48.0 Å². The van der Waals surface area contributed by atoms with Gasteiger partial charge in [0.15, 0.2) is 5.03 Å². The van der Waals surface area contributed by atoms with Crippen molar-refractivity contribution in [3.05, 3.63) is 59.9 Å². The lowest BCUT2D eigenvalue weighted by atomic mass is 10.3. The molecule has 24 heavy (non-hydrogen) atoms. The number of hydrogen-bond acceptors (Lipinski definition) is 5. The van der Waals surface area contributed by atoms with Gasteiger partial charge in [-0.15, -0.1) is 0 Å². The molecule has 11 heteroatoms. The van der Waals surface area contributed by atoms with Crippen molar-refractivity contribution in [2.24, 2.45) is 0 Å². The molecule has 0 radical (unpaired) electrons. The number of rotatable bonds is 4. The molecule has 0 amide bonds. The highest BCUT2D eigenvalue weighted by Gasteiger charge is 2.21. The number of sulfonamides is 1. The van der Waals surface area contributed by atoms with Crippen LogP contribution in [0.5, 0.6) is 0 Å². The molecule has 0 saturated heterocycles. The number of imidazole rings is 1. The second-order valence-corrected chi connectivity index (χ2v) is 6.52. The van der Waals surface area contributed by atoms with Crippen molar-refractivity contribution in [2.45, 2.75) is 5.03 Å². The quantitative estimate of drug-likeness (QED) is 0.711. The number of anilines is 1. The van der Waals surface area contributed by atoms with Gasteiger partial charge in [0, 0.05) is 12.3 Å². The van der Waals surface area contributed by atoms with E-state index in [4.69, 9.17) is 11.6 Å². The highest BCUT2D eigenvalue weighted by atomic mass is 35.5. The lowest BCUT2D eigenvalue weighted by molar-refractivity contribution is 0.583. The Labute approximate surface area is 140 Å². The zero-order chi connectivity index (χ0) is 17.3. The van der Waals surface area contributed by atoms with Gasteiger partial charge in [0.05, 0.1) is 11.9 Å². The maximum atomic E-state index is 13.2. The number of nitrogens with zero attached hydrogens (tertiary/aromatic N) is 4. The molecule has 2 aromatic heterocycles. The van der Waals surface area contributed by atoms with Crippen molar-refractivity contribution in [1.82, 2.24) is 19.5 Å². The van der Waals surface area contributed by atoms with Gasteiger partial charge in [-0.2, -0.15) is 13.4 Å². The molecule has 0 aliphatic carbocycles. The van der Waals surface area contributed by atoms with E-state index in [0.29, 0.717) is 6.07 Å². The third-order valence-electron chi connectivity index (χ3n) is 2.85. The van der Waals surface area contributed by atoms with Crippen LogP contribution >= 0.6 is 11.6 Å². The molecule has 0 saturated carbocycles. The largest absolute Gasteiger partial charge is 0.279 e. The van der Waals surface area contributed by atoms with Gasteiger partial charge < -0.3 is 0 Å². The van der Waals surface area contributed by atoms with Crippen LogP contribution in [-0.2, 0) is 10.0 Å². The van der Waals surface area contributed by atoms with Gasteiger partial charge >= 0.3 is 0 Å². The van der Waals surface area contributed by atoms with Crippen molar-refractivity contribution in [1.29, 1.82) is 0 Å². The minimum absolute atomic E-state index is 0.0790. The van der Waals surface area contributed by atoms with E-state index >= 15 is 0 Å². The fourth-order valence-electron chi connectivity index (χ4n) is 1.93. The van der Waals surface area contributed by atoms with Crippen LogP contribution in [0.3, 0.4) is 0 Å². The molecule has 124 valence electrons. The summed E-state index contributed by atoms with van der Waals surface area (Å²) in [5.41, 5.74) is -0.263. The Kier molecular flexibility index (Phi) is 4.16. The van der Waals surface area contributed by atoms with Crippen LogP contribution in [0.25, 0.3) is 5.82 Å². The third-order valence-corrected chi connectivity index (χ3v) is 4.39. The standard InChI is InChI=1S/C13H8ClF2N5O2S/c14-13-18-2-1-11(19-13)21-7-17-6-12(21)24(22,23)20-10-4-8(15)3-9(16)5-10/h1-7,20H. The van der Waals surface area contributed by atoms with Gasteiger partial charge in [-0.1, -0.05) is 0 Å². The number of halogens is 3. The number of nitrogens with one attached hydrogen (secondary N) is 1. The van der Waals surface area contributed by atoms with Crippen molar-refractivity contribution in [3.8, 4) is 5.82 Å². The summed E-state index contributed by atoms with van der Waals surface area (Å²) in [5.74, 6) is -1.66. The molecule has 7 nitrogen and oxygen atoms in total. The predicted molar refractivity (Wildman–Crippen MR) is 81.3 cm³/mol. The van der Waals surface area contributed by atoms with Crippen molar-refractivity contribution < 1.29 is 17.2 Å². The van der Waals surface area contributed by atoms with E-state index in [2.05, 4.69) is 19.7 Å². The van der Waals surface area contributed by atoms with Gasteiger partial charge in [-0.05, 0) is 29.8 Å². The summed E-state index contributed by atoms with van der Waals surface area (Å²) >= 11 is 5.69. The average molecular weight is 372 g/mol. The lowest BCUT2D eigenvalue weighted by Gasteiger charge is -2.10. The maximum absolute atomic E-state index is 13.2. The minimum atomic E-state index is -4.18. The third kappa shape index (κ3) is 3.34. The zero-order valence-corrected chi connectivity index (χ0v) is 13.3. The molecule has 3 aromatic rings. The van der Waals surface area contributed by atoms with Crippen molar-refractivity contribution >= 4 is 27.3 Å². The Bertz CT molecular complexity index is 989. The molecule has 0 spiro atoms. The molecule has 0 bridgehead atoms. The molecular weight excluding hydrogens is 364 g/mol. The van der Waals surface area contributed by atoms with Crippen LogP contribution in [0, 0.1) is 11.6 Å². The summed E-state index contributed by atoms with van der Waals surface area (Å²) in [6.07, 6.45) is 3.61. The Morgan fingerprint density at radius 3 is 2.54 bits per heavy atom. The van der Waals surface area contributed by atoms with Crippen LogP contribution in [-0.4, -0.2) is 27.9 Å². The van der Waals surface area contributed by atoms with Crippen molar-refractivity contribution in [3.63, 3.8) is 0 Å². The van der Waals surface area contributed by atoms with Gasteiger partial charge in [0.25, 0.3) is 10.0 Å². The highest BCUT2D eigenvalue weighted by molar-refractivity contribution is 7.92. The summed E-state index contributed by atoms with van der Waals surface area (Å²) in [4.78, 5) is 11.4.